The summed E-state index contributed by atoms with van der Waals surface area (Å²) in [7, 11) is 2.67. The van der Waals surface area contributed by atoms with Crippen molar-refractivity contribution in [2.45, 2.75) is 13.0 Å². The van der Waals surface area contributed by atoms with E-state index in [2.05, 4.69) is 10.1 Å². The van der Waals surface area contributed by atoms with Crippen LogP contribution in [0.25, 0.3) is 0 Å². The summed E-state index contributed by atoms with van der Waals surface area (Å²) in [6, 6.07) is 3.66. The van der Waals surface area contributed by atoms with Crippen LogP contribution in [-0.2, 0) is 9.53 Å². The number of carbonyl (C=O) groups is 1. The van der Waals surface area contributed by atoms with Crippen LogP contribution in [0.1, 0.15) is 6.92 Å². The third kappa shape index (κ3) is 3.09. The molecular weight excluding hydrogens is 240 g/mol. The third-order valence-electron chi connectivity index (χ3n) is 2.33. The van der Waals surface area contributed by atoms with E-state index in [1.165, 1.54) is 26.4 Å². The lowest BCUT2D eigenvalue weighted by molar-refractivity contribution is -0.384. The van der Waals surface area contributed by atoms with E-state index >= 15 is 0 Å². The number of methoxy groups -OCH3 is 2. The minimum absolute atomic E-state index is 0.162. The minimum atomic E-state index is -0.679. The number of hydrogen-bond donors (Lipinski definition) is 1. The Bertz CT molecular complexity index is 461. The predicted octanol–water partition coefficient (Wildman–Crippen LogP) is 1.58. The normalized spacial score (nSPS) is 11.5. The second-order valence-corrected chi connectivity index (χ2v) is 3.53. The van der Waals surface area contributed by atoms with Crippen LogP contribution in [0.3, 0.4) is 0 Å². The summed E-state index contributed by atoms with van der Waals surface area (Å²) in [6.45, 7) is 1.56. The van der Waals surface area contributed by atoms with Gasteiger partial charge in [-0.3, -0.25) is 10.1 Å². The second kappa shape index (κ2) is 5.85. The Hall–Kier alpha value is -2.31. The van der Waals surface area contributed by atoms with Gasteiger partial charge in [0.2, 0.25) is 0 Å². The van der Waals surface area contributed by atoms with Crippen molar-refractivity contribution in [1.82, 2.24) is 0 Å². The molecule has 18 heavy (non-hydrogen) atoms. The van der Waals surface area contributed by atoms with Crippen LogP contribution in [0.15, 0.2) is 18.2 Å². The molecule has 0 aliphatic carbocycles. The van der Waals surface area contributed by atoms with Gasteiger partial charge in [-0.1, -0.05) is 0 Å². The van der Waals surface area contributed by atoms with Gasteiger partial charge in [-0.15, -0.1) is 0 Å². The molecule has 0 fully saturated rings. The van der Waals surface area contributed by atoms with Crippen molar-refractivity contribution in [2.24, 2.45) is 0 Å². The van der Waals surface area contributed by atoms with Gasteiger partial charge in [0.15, 0.2) is 0 Å². The van der Waals surface area contributed by atoms with Crippen molar-refractivity contribution >= 4 is 17.3 Å². The quantitative estimate of drug-likeness (QED) is 0.487. The van der Waals surface area contributed by atoms with Crippen LogP contribution < -0.4 is 10.1 Å². The maximum absolute atomic E-state index is 11.2. The van der Waals surface area contributed by atoms with Crippen molar-refractivity contribution in [3.8, 4) is 5.75 Å². The van der Waals surface area contributed by atoms with E-state index in [-0.39, 0.29) is 11.4 Å². The number of esters is 1. The molecule has 0 amide bonds. The van der Waals surface area contributed by atoms with Gasteiger partial charge < -0.3 is 14.8 Å². The molecule has 0 bridgehead atoms. The first-order valence-electron chi connectivity index (χ1n) is 5.16. The fraction of sp³-hybridized carbons (Fsp3) is 0.364. The molecule has 0 saturated heterocycles. The van der Waals surface area contributed by atoms with Gasteiger partial charge in [0.05, 0.1) is 25.2 Å². The molecule has 1 rings (SSSR count). The fourth-order valence-electron chi connectivity index (χ4n) is 1.38. The third-order valence-corrected chi connectivity index (χ3v) is 2.33. The first-order chi connectivity index (χ1) is 8.49. The number of carbonyl (C=O) groups excluding carboxylic acids is 1. The van der Waals surface area contributed by atoms with Crippen LogP contribution in [0.2, 0.25) is 0 Å². The van der Waals surface area contributed by atoms with Crippen LogP contribution in [0, 0.1) is 10.1 Å². The lowest BCUT2D eigenvalue weighted by atomic mass is 10.2. The Morgan fingerprint density at radius 2 is 2.11 bits per heavy atom. The molecule has 98 valence electrons. The van der Waals surface area contributed by atoms with E-state index in [1.54, 1.807) is 13.0 Å². The van der Waals surface area contributed by atoms with E-state index in [4.69, 9.17) is 4.74 Å². The summed E-state index contributed by atoms with van der Waals surface area (Å²) in [5, 5.41) is 13.6. The van der Waals surface area contributed by atoms with Crippen molar-refractivity contribution in [3.05, 3.63) is 28.3 Å². The predicted molar refractivity (Wildman–Crippen MR) is 64.7 cm³/mol. The zero-order valence-corrected chi connectivity index (χ0v) is 10.3. The number of ether oxygens (including phenoxy) is 2. The number of nitrogens with zero attached hydrogens (tertiary/aromatic N) is 1. The molecule has 0 aromatic heterocycles. The molecule has 1 aromatic carbocycles. The highest BCUT2D eigenvalue weighted by molar-refractivity contribution is 5.80. The molecule has 0 aliphatic heterocycles. The SMILES string of the molecule is COC(=O)[C@H](C)Nc1ccc(OC)cc1[N+](=O)[O-]. The topological polar surface area (TPSA) is 90.7 Å². The molecule has 0 spiro atoms. The Balaban J connectivity index is 3.01. The van der Waals surface area contributed by atoms with Crippen molar-refractivity contribution < 1.29 is 19.2 Å². The summed E-state index contributed by atoms with van der Waals surface area (Å²) in [4.78, 5) is 21.6. The summed E-state index contributed by atoms with van der Waals surface area (Å²) in [5.41, 5.74) is 0.0730. The van der Waals surface area contributed by atoms with Gasteiger partial charge in [-0.2, -0.15) is 0 Å². The molecule has 1 N–H and O–H groups in total. The number of anilines is 1. The second-order valence-electron chi connectivity index (χ2n) is 3.53. The van der Waals surface area contributed by atoms with Gasteiger partial charge in [0.1, 0.15) is 17.5 Å². The monoisotopic (exact) mass is 254 g/mol. The first-order valence-corrected chi connectivity index (χ1v) is 5.16. The highest BCUT2D eigenvalue weighted by Crippen LogP contribution is 2.29. The number of nitro benzene ring substituents is 1. The fourth-order valence-corrected chi connectivity index (χ4v) is 1.38. The van der Waals surface area contributed by atoms with Crippen LogP contribution in [-0.4, -0.2) is 31.2 Å². The zero-order chi connectivity index (χ0) is 13.7. The highest BCUT2D eigenvalue weighted by Gasteiger charge is 2.20. The van der Waals surface area contributed by atoms with Gasteiger partial charge in [0, 0.05) is 0 Å². The number of benzene rings is 1. The Morgan fingerprint density at radius 3 is 2.61 bits per heavy atom. The van der Waals surface area contributed by atoms with E-state index in [0.29, 0.717) is 5.75 Å². The molecule has 1 atom stereocenters. The Labute approximate surface area is 104 Å². The lowest BCUT2D eigenvalue weighted by Gasteiger charge is -2.13. The average Bonchev–Trinajstić information content (AvgIpc) is 2.37. The summed E-state index contributed by atoms with van der Waals surface area (Å²) < 4.78 is 9.44. The molecule has 0 aliphatic rings. The molecule has 0 unspecified atom stereocenters. The number of rotatable bonds is 5. The maximum Gasteiger partial charge on any atom is 0.327 e. The maximum atomic E-state index is 11.2. The first kappa shape index (κ1) is 13.8. The summed E-state index contributed by atoms with van der Waals surface area (Å²) in [6.07, 6.45) is 0. The standard InChI is InChI=1S/C11H14N2O5/c1-7(11(14)18-3)12-9-5-4-8(17-2)6-10(9)13(15)16/h4-7,12H,1-3H3/t7-/m0/s1. The largest absolute Gasteiger partial charge is 0.496 e. The number of hydrogen-bond acceptors (Lipinski definition) is 6. The van der Waals surface area contributed by atoms with Crippen LogP contribution >= 0.6 is 0 Å². The van der Waals surface area contributed by atoms with Crippen molar-refractivity contribution in [1.29, 1.82) is 0 Å². The van der Waals surface area contributed by atoms with E-state index in [1.807, 2.05) is 0 Å². The van der Waals surface area contributed by atoms with Gasteiger partial charge in [-0.05, 0) is 19.1 Å². The smallest absolute Gasteiger partial charge is 0.327 e. The summed E-state index contributed by atoms with van der Waals surface area (Å²) in [5.74, 6) is -0.127. The van der Waals surface area contributed by atoms with Crippen LogP contribution in [0.4, 0.5) is 11.4 Å². The molecular formula is C11H14N2O5. The Kier molecular flexibility index (Phi) is 4.47. The zero-order valence-electron chi connectivity index (χ0n) is 10.3. The molecule has 0 radical (unpaired) electrons. The average molecular weight is 254 g/mol. The number of nitrogens with one attached hydrogen (secondary N) is 1. The lowest BCUT2D eigenvalue weighted by Crippen LogP contribution is -2.27. The molecule has 7 nitrogen and oxygen atoms in total. The van der Waals surface area contributed by atoms with E-state index in [9.17, 15) is 14.9 Å². The summed E-state index contributed by atoms with van der Waals surface area (Å²) >= 11 is 0. The Morgan fingerprint density at radius 1 is 1.44 bits per heavy atom. The minimum Gasteiger partial charge on any atom is -0.496 e. The molecule has 7 heteroatoms. The molecule has 0 saturated carbocycles. The van der Waals surface area contributed by atoms with Gasteiger partial charge in [-0.25, -0.2) is 4.79 Å². The van der Waals surface area contributed by atoms with Crippen molar-refractivity contribution in [2.75, 3.05) is 19.5 Å². The number of nitro groups is 1. The molecule has 1 aromatic rings. The molecule has 0 heterocycles. The van der Waals surface area contributed by atoms with Crippen molar-refractivity contribution in [3.63, 3.8) is 0 Å². The van der Waals surface area contributed by atoms with Gasteiger partial charge >= 0.3 is 5.97 Å². The van der Waals surface area contributed by atoms with E-state index in [0.717, 1.165) is 0 Å². The van der Waals surface area contributed by atoms with E-state index < -0.39 is 16.9 Å². The van der Waals surface area contributed by atoms with Crippen LogP contribution in [0.5, 0.6) is 5.75 Å². The van der Waals surface area contributed by atoms with Gasteiger partial charge in [0.25, 0.3) is 5.69 Å². The highest BCUT2D eigenvalue weighted by atomic mass is 16.6.